The van der Waals surface area contributed by atoms with Crippen molar-refractivity contribution in [3.8, 4) is 0 Å². The highest BCUT2D eigenvalue weighted by molar-refractivity contribution is 6.74. The van der Waals surface area contributed by atoms with E-state index in [9.17, 15) is 4.79 Å². The van der Waals surface area contributed by atoms with Crippen LogP contribution in [-0.2, 0) is 9.16 Å². The molecule has 0 N–H and O–H groups in total. The normalized spacial score (nSPS) is 23.9. The number of carbonyl (C=O) groups excluding carboxylic acids is 1. The number of piperidine rings is 1. The highest BCUT2D eigenvalue weighted by atomic mass is 28.4. The average molecular weight is 396 g/mol. The van der Waals surface area contributed by atoms with Crippen LogP contribution in [-0.4, -0.2) is 43.6 Å². The Morgan fingerprint density at radius 1 is 1.19 bits per heavy atom. The van der Waals surface area contributed by atoms with Crippen LogP contribution < -0.4 is 0 Å². The molecule has 2 rings (SSSR count). The van der Waals surface area contributed by atoms with E-state index in [1.165, 1.54) is 12.0 Å². The lowest BCUT2D eigenvalue weighted by Crippen LogP contribution is -2.53. The zero-order valence-corrected chi connectivity index (χ0v) is 19.9. The van der Waals surface area contributed by atoms with Gasteiger partial charge in [0.15, 0.2) is 8.32 Å². The van der Waals surface area contributed by atoms with Crippen molar-refractivity contribution in [1.29, 1.82) is 0 Å². The van der Waals surface area contributed by atoms with Crippen LogP contribution in [0.5, 0.6) is 0 Å². The summed E-state index contributed by atoms with van der Waals surface area (Å²) in [6, 6.07) is 0.517. The zero-order valence-electron chi connectivity index (χ0n) is 18.9. The molecule has 1 amide bonds. The second-order valence-electron chi connectivity index (χ2n) is 10.8. The Balaban J connectivity index is 1.91. The van der Waals surface area contributed by atoms with E-state index in [1.54, 1.807) is 0 Å². The van der Waals surface area contributed by atoms with Gasteiger partial charge in [-0.05, 0) is 77.4 Å². The molecule has 2 aliphatic heterocycles. The largest absolute Gasteiger partial charge is 0.444 e. The lowest BCUT2D eigenvalue weighted by atomic mass is 9.84. The van der Waals surface area contributed by atoms with Crippen molar-refractivity contribution in [2.24, 2.45) is 0 Å². The summed E-state index contributed by atoms with van der Waals surface area (Å²) < 4.78 is 12.0. The molecule has 156 valence electrons. The van der Waals surface area contributed by atoms with Crippen LogP contribution in [0.2, 0.25) is 18.1 Å². The van der Waals surface area contributed by atoms with Crippen molar-refractivity contribution in [3.05, 3.63) is 11.6 Å². The van der Waals surface area contributed by atoms with Crippen molar-refractivity contribution in [1.82, 2.24) is 4.90 Å². The molecular formula is C22H41NO3Si. The third-order valence-electron chi connectivity index (χ3n) is 6.23. The monoisotopic (exact) mass is 395 g/mol. The first kappa shape index (κ1) is 22.5. The van der Waals surface area contributed by atoms with Gasteiger partial charge in [0.25, 0.3) is 0 Å². The minimum Gasteiger partial charge on any atom is -0.444 e. The van der Waals surface area contributed by atoms with Crippen LogP contribution in [0.25, 0.3) is 0 Å². The number of amides is 1. The Hall–Kier alpha value is -0.813. The van der Waals surface area contributed by atoms with E-state index in [0.717, 1.165) is 38.7 Å². The van der Waals surface area contributed by atoms with E-state index < -0.39 is 13.9 Å². The minimum atomic E-state index is -1.65. The third-order valence-corrected chi connectivity index (χ3v) is 10.8. The van der Waals surface area contributed by atoms with Crippen LogP contribution in [0, 0.1) is 0 Å². The summed E-state index contributed by atoms with van der Waals surface area (Å²) in [5.74, 6) is 0. The molecule has 0 aliphatic carbocycles. The molecule has 0 radical (unpaired) electrons. The van der Waals surface area contributed by atoms with Crippen LogP contribution in [0.1, 0.15) is 80.1 Å². The third kappa shape index (κ3) is 6.08. The summed E-state index contributed by atoms with van der Waals surface area (Å²) in [5, 5.41) is 0.266. The number of hydrogen-bond donors (Lipinski definition) is 0. The molecule has 0 aromatic heterocycles. The van der Waals surface area contributed by atoms with E-state index in [-0.39, 0.29) is 17.2 Å². The van der Waals surface area contributed by atoms with Crippen molar-refractivity contribution in [2.75, 3.05) is 6.61 Å². The molecule has 27 heavy (non-hydrogen) atoms. The summed E-state index contributed by atoms with van der Waals surface area (Å²) in [4.78, 5) is 14.7. The molecule has 5 heteroatoms. The fourth-order valence-corrected chi connectivity index (χ4v) is 4.83. The number of fused-ring (bicyclic) bond motifs is 2. The molecule has 2 atom stereocenters. The molecule has 2 aliphatic rings. The number of ether oxygens (including phenoxy) is 1. The molecule has 2 bridgehead atoms. The molecule has 0 spiro atoms. The van der Waals surface area contributed by atoms with Crippen molar-refractivity contribution >= 4 is 14.4 Å². The molecular weight excluding hydrogens is 354 g/mol. The molecule has 2 heterocycles. The van der Waals surface area contributed by atoms with Gasteiger partial charge in [0, 0.05) is 12.6 Å². The first-order valence-corrected chi connectivity index (χ1v) is 13.6. The fraction of sp³-hybridized carbons (Fsp3) is 0.864. The van der Waals surface area contributed by atoms with Gasteiger partial charge in [0.05, 0.1) is 6.04 Å². The fourth-order valence-electron chi connectivity index (χ4n) is 3.75. The lowest BCUT2D eigenvalue weighted by molar-refractivity contribution is -0.00162. The van der Waals surface area contributed by atoms with Crippen LogP contribution in [0.3, 0.4) is 0 Å². The standard InChI is InChI=1S/C22H41NO3Si/c1-21(2,3)26-20(24)23-18-12-9-13-19(23)16-17(15-18)11-10-14-25-27(7,8)22(4,5)6/h15,18-19H,9-14,16H2,1-8H3. The van der Waals surface area contributed by atoms with Crippen LogP contribution >= 0.6 is 0 Å². The number of nitrogens with zero attached hydrogens (tertiary/aromatic N) is 1. The minimum absolute atomic E-state index is 0.145. The van der Waals surface area contributed by atoms with Gasteiger partial charge in [0.2, 0.25) is 0 Å². The van der Waals surface area contributed by atoms with Gasteiger partial charge < -0.3 is 9.16 Å². The Morgan fingerprint density at radius 2 is 1.85 bits per heavy atom. The maximum atomic E-state index is 12.7. The predicted molar refractivity (Wildman–Crippen MR) is 115 cm³/mol. The molecule has 1 saturated heterocycles. The summed E-state index contributed by atoms with van der Waals surface area (Å²) in [6.45, 7) is 18.2. The maximum absolute atomic E-state index is 12.7. The zero-order chi connectivity index (χ0) is 20.5. The first-order chi connectivity index (χ1) is 12.3. The number of hydrogen-bond acceptors (Lipinski definition) is 3. The van der Waals surface area contributed by atoms with E-state index in [2.05, 4.69) is 39.9 Å². The van der Waals surface area contributed by atoms with Gasteiger partial charge in [0.1, 0.15) is 5.60 Å². The Kier molecular flexibility index (Phi) is 6.89. The second kappa shape index (κ2) is 8.28. The van der Waals surface area contributed by atoms with E-state index >= 15 is 0 Å². The molecule has 4 nitrogen and oxygen atoms in total. The summed E-state index contributed by atoms with van der Waals surface area (Å²) >= 11 is 0. The van der Waals surface area contributed by atoms with Gasteiger partial charge in [-0.1, -0.05) is 32.4 Å². The molecule has 0 aromatic rings. The molecule has 1 fully saturated rings. The van der Waals surface area contributed by atoms with E-state index in [0.29, 0.717) is 6.04 Å². The van der Waals surface area contributed by atoms with Crippen LogP contribution in [0.15, 0.2) is 11.6 Å². The highest BCUT2D eigenvalue weighted by Crippen LogP contribution is 2.38. The maximum Gasteiger partial charge on any atom is 0.411 e. The summed E-state index contributed by atoms with van der Waals surface area (Å²) in [6.07, 6.45) is 8.70. The number of carbonyl (C=O) groups is 1. The molecule has 2 unspecified atom stereocenters. The topological polar surface area (TPSA) is 38.8 Å². The average Bonchev–Trinajstić information content (AvgIpc) is 2.47. The van der Waals surface area contributed by atoms with Gasteiger partial charge in [-0.25, -0.2) is 4.79 Å². The van der Waals surface area contributed by atoms with Gasteiger partial charge in [-0.2, -0.15) is 0 Å². The SMILES string of the molecule is CC(C)(C)OC(=O)N1C2C=C(CCCO[Si](C)(C)C(C)(C)C)CC1CCC2. The van der Waals surface area contributed by atoms with Gasteiger partial charge in [-0.3, -0.25) is 4.90 Å². The summed E-state index contributed by atoms with van der Waals surface area (Å²) in [5.41, 5.74) is 1.07. The molecule has 0 aromatic carbocycles. The summed E-state index contributed by atoms with van der Waals surface area (Å²) in [7, 11) is -1.65. The smallest absolute Gasteiger partial charge is 0.411 e. The van der Waals surface area contributed by atoms with Gasteiger partial charge in [-0.15, -0.1) is 0 Å². The Labute approximate surface area is 167 Å². The Morgan fingerprint density at radius 3 is 2.41 bits per heavy atom. The highest BCUT2D eigenvalue weighted by Gasteiger charge is 2.39. The van der Waals surface area contributed by atoms with Crippen molar-refractivity contribution < 1.29 is 14.0 Å². The van der Waals surface area contributed by atoms with Crippen LogP contribution in [0.4, 0.5) is 4.79 Å². The first-order valence-electron chi connectivity index (χ1n) is 10.6. The molecule has 0 saturated carbocycles. The lowest BCUT2D eigenvalue weighted by Gasteiger charge is -2.45. The van der Waals surface area contributed by atoms with E-state index in [1.807, 2.05) is 25.7 Å². The van der Waals surface area contributed by atoms with Crippen molar-refractivity contribution in [3.63, 3.8) is 0 Å². The predicted octanol–water partition coefficient (Wildman–Crippen LogP) is 6.28. The van der Waals surface area contributed by atoms with Gasteiger partial charge >= 0.3 is 6.09 Å². The quantitative estimate of drug-likeness (QED) is 0.312. The Bertz CT molecular complexity index is 557. The second-order valence-corrected chi connectivity index (χ2v) is 15.6. The number of rotatable bonds is 5. The van der Waals surface area contributed by atoms with E-state index in [4.69, 9.17) is 9.16 Å². The van der Waals surface area contributed by atoms with Crippen molar-refractivity contribution in [2.45, 2.75) is 116 Å².